The number of hydrogen-bond donors (Lipinski definition) is 0. The number of rotatable bonds is 3. The summed E-state index contributed by atoms with van der Waals surface area (Å²) in [5.41, 5.74) is 0.953. The smallest absolute Gasteiger partial charge is 0.224 e. The maximum absolute atomic E-state index is 13.9. The molecule has 100 valence electrons. The average molecular weight is 271 g/mol. The van der Waals surface area contributed by atoms with Crippen LogP contribution in [0.15, 0.2) is 54.7 Å². The van der Waals surface area contributed by atoms with E-state index in [0.29, 0.717) is 5.39 Å². The van der Waals surface area contributed by atoms with E-state index in [0.717, 1.165) is 11.6 Å². The normalized spacial score (nSPS) is 10.7. The largest absolute Gasteiger partial charge is 0.472 e. The Labute approximate surface area is 114 Å². The number of fused-ring (bicyclic) bond motifs is 1. The molecule has 0 saturated heterocycles. The number of ether oxygens (including phenoxy) is 1. The van der Waals surface area contributed by atoms with Gasteiger partial charge >= 0.3 is 0 Å². The van der Waals surface area contributed by atoms with Crippen molar-refractivity contribution in [1.29, 1.82) is 0 Å². The SMILES string of the molecule is Fc1cc(F)c2c(OCc3ccccc3)nccc2c1. The molecule has 1 heterocycles. The predicted molar refractivity (Wildman–Crippen MR) is 72.4 cm³/mol. The zero-order chi connectivity index (χ0) is 13.9. The highest BCUT2D eigenvalue weighted by molar-refractivity contribution is 5.87. The van der Waals surface area contributed by atoms with Gasteiger partial charge in [-0.3, -0.25) is 0 Å². The van der Waals surface area contributed by atoms with Crippen molar-refractivity contribution in [2.45, 2.75) is 6.61 Å². The van der Waals surface area contributed by atoms with Gasteiger partial charge in [0.15, 0.2) is 0 Å². The fourth-order valence-electron chi connectivity index (χ4n) is 2.04. The highest BCUT2D eigenvalue weighted by Gasteiger charge is 2.11. The van der Waals surface area contributed by atoms with Gasteiger partial charge in [0, 0.05) is 12.3 Å². The number of pyridine rings is 1. The van der Waals surface area contributed by atoms with Crippen molar-refractivity contribution in [1.82, 2.24) is 4.98 Å². The van der Waals surface area contributed by atoms with Crippen molar-refractivity contribution in [3.63, 3.8) is 0 Å². The molecule has 0 unspecified atom stereocenters. The Morgan fingerprint density at radius 1 is 1.00 bits per heavy atom. The summed E-state index contributed by atoms with van der Waals surface area (Å²) in [6, 6.07) is 13.1. The van der Waals surface area contributed by atoms with Gasteiger partial charge in [0.1, 0.15) is 18.2 Å². The van der Waals surface area contributed by atoms with E-state index in [4.69, 9.17) is 4.74 Å². The van der Waals surface area contributed by atoms with Crippen LogP contribution < -0.4 is 4.74 Å². The monoisotopic (exact) mass is 271 g/mol. The van der Waals surface area contributed by atoms with Gasteiger partial charge in [-0.2, -0.15) is 0 Å². The van der Waals surface area contributed by atoms with Crippen LogP contribution in [0.4, 0.5) is 8.78 Å². The van der Waals surface area contributed by atoms with Crippen molar-refractivity contribution < 1.29 is 13.5 Å². The third kappa shape index (κ3) is 2.45. The molecule has 0 radical (unpaired) electrons. The first-order valence-corrected chi connectivity index (χ1v) is 6.14. The Morgan fingerprint density at radius 3 is 2.60 bits per heavy atom. The second-order valence-electron chi connectivity index (χ2n) is 4.38. The number of benzene rings is 2. The Balaban J connectivity index is 1.96. The molecule has 0 fully saturated rings. The van der Waals surface area contributed by atoms with Gasteiger partial charge in [-0.25, -0.2) is 13.8 Å². The van der Waals surface area contributed by atoms with Gasteiger partial charge in [0.05, 0.1) is 5.39 Å². The minimum absolute atomic E-state index is 0.170. The standard InChI is InChI=1S/C16H11F2NO/c17-13-8-12-6-7-19-16(15(12)14(18)9-13)20-10-11-4-2-1-3-5-11/h1-9H,10H2. The second-order valence-corrected chi connectivity index (χ2v) is 4.38. The van der Waals surface area contributed by atoms with Gasteiger partial charge in [0.2, 0.25) is 5.88 Å². The van der Waals surface area contributed by atoms with E-state index < -0.39 is 11.6 Å². The lowest BCUT2D eigenvalue weighted by molar-refractivity contribution is 0.297. The van der Waals surface area contributed by atoms with E-state index in [2.05, 4.69) is 4.98 Å². The molecule has 0 aliphatic rings. The topological polar surface area (TPSA) is 22.1 Å². The molecule has 1 aromatic heterocycles. The van der Waals surface area contributed by atoms with Crippen LogP contribution in [0.3, 0.4) is 0 Å². The minimum Gasteiger partial charge on any atom is -0.472 e. The molecular formula is C16H11F2NO. The van der Waals surface area contributed by atoms with Crippen molar-refractivity contribution >= 4 is 10.8 Å². The molecule has 0 atom stereocenters. The van der Waals surface area contributed by atoms with Crippen LogP contribution in [0.1, 0.15) is 5.56 Å². The van der Waals surface area contributed by atoms with Crippen LogP contribution in [0, 0.1) is 11.6 Å². The summed E-state index contributed by atoms with van der Waals surface area (Å²) in [7, 11) is 0. The molecule has 3 aromatic rings. The van der Waals surface area contributed by atoms with Crippen molar-refractivity contribution in [3.05, 3.63) is 71.9 Å². The molecule has 2 aromatic carbocycles. The van der Waals surface area contributed by atoms with Crippen LogP contribution >= 0.6 is 0 Å². The van der Waals surface area contributed by atoms with Crippen molar-refractivity contribution in [2.24, 2.45) is 0 Å². The van der Waals surface area contributed by atoms with Gasteiger partial charge in [-0.1, -0.05) is 30.3 Å². The van der Waals surface area contributed by atoms with Crippen LogP contribution in [-0.2, 0) is 6.61 Å². The first-order valence-electron chi connectivity index (χ1n) is 6.14. The lowest BCUT2D eigenvalue weighted by atomic mass is 10.1. The third-order valence-electron chi connectivity index (χ3n) is 2.96. The second kappa shape index (κ2) is 5.25. The first kappa shape index (κ1) is 12.5. The van der Waals surface area contributed by atoms with Crippen LogP contribution in [0.5, 0.6) is 5.88 Å². The predicted octanol–water partition coefficient (Wildman–Crippen LogP) is 4.09. The molecule has 0 bridgehead atoms. The fourth-order valence-corrected chi connectivity index (χ4v) is 2.04. The zero-order valence-corrected chi connectivity index (χ0v) is 10.5. The Hall–Kier alpha value is -2.49. The zero-order valence-electron chi connectivity index (χ0n) is 10.5. The van der Waals surface area contributed by atoms with Crippen LogP contribution in [0.2, 0.25) is 0 Å². The summed E-state index contributed by atoms with van der Waals surface area (Å²) < 4.78 is 32.6. The summed E-state index contributed by atoms with van der Waals surface area (Å²) in [5, 5.41) is 0.630. The minimum atomic E-state index is -0.670. The van der Waals surface area contributed by atoms with E-state index in [1.165, 1.54) is 12.3 Å². The van der Waals surface area contributed by atoms with Crippen LogP contribution in [0.25, 0.3) is 10.8 Å². The summed E-state index contributed by atoms with van der Waals surface area (Å²) in [6.45, 7) is 0.282. The maximum atomic E-state index is 13.9. The molecule has 0 amide bonds. The molecule has 0 aliphatic carbocycles. The average Bonchev–Trinajstić information content (AvgIpc) is 2.45. The van der Waals surface area contributed by atoms with Gasteiger partial charge < -0.3 is 4.74 Å². The molecule has 0 aliphatic heterocycles. The van der Waals surface area contributed by atoms with Crippen molar-refractivity contribution in [3.8, 4) is 5.88 Å². The summed E-state index contributed by atoms with van der Waals surface area (Å²) in [4.78, 5) is 4.03. The van der Waals surface area contributed by atoms with Gasteiger partial charge in [-0.05, 0) is 23.1 Å². The van der Waals surface area contributed by atoms with E-state index in [9.17, 15) is 8.78 Å². The molecule has 2 nitrogen and oxygen atoms in total. The molecule has 0 spiro atoms. The first-order chi connectivity index (χ1) is 9.74. The summed E-state index contributed by atoms with van der Waals surface area (Å²) >= 11 is 0. The lowest BCUT2D eigenvalue weighted by Gasteiger charge is -2.09. The van der Waals surface area contributed by atoms with E-state index >= 15 is 0 Å². The van der Waals surface area contributed by atoms with Crippen molar-refractivity contribution in [2.75, 3.05) is 0 Å². The van der Waals surface area contributed by atoms with E-state index in [1.807, 2.05) is 30.3 Å². The van der Waals surface area contributed by atoms with Gasteiger partial charge in [0.25, 0.3) is 0 Å². The third-order valence-corrected chi connectivity index (χ3v) is 2.96. The fraction of sp³-hybridized carbons (Fsp3) is 0.0625. The number of hydrogen-bond acceptors (Lipinski definition) is 2. The van der Waals surface area contributed by atoms with E-state index in [-0.39, 0.29) is 17.9 Å². The van der Waals surface area contributed by atoms with E-state index in [1.54, 1.807) is 6.07 Å². The summed E-state index contributed by atoms with van der Waals surface area (Å²) in [5.74, 6) is -1.12. The molecular weight excluding hydrogens is 260 g/mol. The number of nitrogens with zero attached hydrogens (tertiary/aromatic N) is 1. The molecule has 0 N–H and O–H groups in total. The lowest BCUT2D eigenvalue weighted by Crippen LogP contribution is -1.99. The number of aromatic nitrogens is 1. The molecule has 20 heavy (non-hydrogen) atoms. The highest BCUT2D eigenvalue weighted by atomic mass is 19.1. The molecule has 4 heteroatoms. The maximum Gasteiger partial charge on any atom is 0.224 e. The Kier molecular flexibility index (Phi) is 3.29. The Bertz CT molecular complexity index is 744. The molecule has 3 rings (SSSR count). The van der Waals surface area contributed by atoms with Crippen LogP contribution in [-0.4, -0.2) is 4.98 Å². The quantitative estimate of drug-likeness (QED) is 0.715. The summed E-state index contributed by atoms with van der Waals surface area (Å²) in [6.07, 6.45) is 1.47. The van der Waals surface area contributed by atoms with Gasteiger partial charge in [-0.15, -0.1) is 0 Å². The molecule has 0 saturated carbocycles. The Morgan fingerprint density at radius 2 is 1.80 bits per heavy atom. The number of halogens is 2. The highest BCUT2D eigenvalue weighted by Crippen LogP contribution is 2.27.